The Labute approximate surface area is 206 Å². The third kappa shape index (κ3) is 4.71. The van der Waals surface area contributed by atoms with E-state index in [0.29, 0.717) is 0 Å². The van der Waals surface area contributed by atoms with Gasteiger partial charge in [-0.05, 0) is 26.0 Å². The molecule has 34 heavy (non-hydrogen) atoms. The van der Waals surface area contributed by atoms with Crippen molar-refractivity contribution in [2.24, 2.45) is 0 Å². The first-order chi connectivity index (χ1) is 16.1. The van der Waals surface area contributed by atoms with Crippen LogP contribution in [0, 0.1) is 5.82 Å². The number of ketones is 1. The van der Waals surface area contributed by atoms with E-state index in [1.807, 2.05) is 13.8 Å². The monoisotopic (exact) mass is 511 g/mol. The normalized spacial score (nSPS) is 17.5. The van der Waals surface area contributed by atoms with Crippen molar-refractivity contribution in [1.29, 1.82) is 0 Å². The van der Waals surface area contributed by atoms with Crippen LogP contribution < -0.4 is 9.47 Å². The first-order valence-electron chi connectivity index (χ1n) is 10.4. The van der Waals surface area contributed by atoms with E-state index in [9.17, 15) is 19.1 Å². The average molecular weight is 512 g/mol. The first kappa shape index (κ1) is 25.8. The fourth-order valence-electron chi connectivity index (χ4n) is 3.81. The molecular weight excluding hydrogens is 488 g/mol. The average Bonchev–Trinajstić information content (AvgIpc) is 3.03. The molecule has 0 bridgehead atoms. The van der Waals surface area contributed by atoms with E-state index in [2.05, 4.69) is 0 Å². The molecule has 0 aromatic heterocycles. The van der Waals surface area contributed by atoms with Crippen LogP contribution in [0.3, 0.4) is 0 Å². The minimum atomic E-state index is -1.21. The van der Waals surface area contributed by atoms with Crippen molar-refractivity contribution in [1.82, 2.24) is 4.90 Å². The van der Waals surface area contributed by atoms with Crippen molar-refractivity contribution in [2.45, 2.75) is 26.0 Å². The van der Waals surface area contributed by atoms with Gasteiger partial charge in [0, 0.05) is 12.1 Å². The summed E-state index contributed by atoms with van der Waals surface area (Å²) >= 11 is 12.6. The third-order valence-corrected chi connectivity index (χ3v) is 5.94. The Kier molecular flexibility index (Phi) is 8.07. The molecular formula is C24H24Cl2FNO6. The Morgan fingerprint density at radius 1 is 1.15 bits per heavy atom. The number of carbonyl (C=O) groups excluding carboxylic acids is 2. The Bertz CT molecular complexity index is 1150. The van der Waals surface area contributed by atoms with Crippen molar-refractivity contribution in [3.63, 3.8) is 0 Å². The molecule has 1 amide bonds. The van der Waals surface area contributed by atoms with Crippen LogP contribution in [0.1, 0.15) is 31.0 Å². The number of benzene rings is 2. The molecule has 1 atom stereocenters. The van der Waals surface area contributed by atoms with Gasteiger partial charge < -0.3 is 24.2 Å². The molecule has 3 rings (SSSR count). The second-order valence-electron chi connectivity index (χ2n) is 7.72. The van der Waals surface area contributed by atoms with E-state index in [1.54, 1.807) is 6.07 Å². The van der Waals surface area contributed by atoms with E-state index in [-0.39, 0.29) is 57.5 Å². The maximum atomic E-state index is 14.9. The lowest BCUT2D eigenvalue weighted by atomic mass is 9.94. The van der Waals surface area contributed by atoms with Crippen LogP contribution in [0.25, 0.3) is 5.76 Å². The molecule has 7 nitrogen and oxygen atoms in total. The molecule has 182 valence electrons. The maximum absolute atomic E-state index is 14.9. The molecule has 1 N–H and O–H groups in total. The number of amides is 1. The van der Waals surface area contributed by atoms with Gasteiger partial charge in [0.15, 0.2) is 11.5 Å². The first-order valence-corrected chi connectivity index (χ1v) is 11.1. The number of ether oxygens (including phenoxy) is 3. The number of hydrogen-bond acceptors (Lipinski definition) is 6. The predicted octanol–water partition coefficient (Wildman–Crippen LogP) is 5.00. The van der Waals surface area contributed by atoms with E-state index >= 15 is 0 Å². The van der Waals surface area contributed by atoms with Crippen LogP contribution in [0.5, 0.6) is 11.5 Å². The lowest BCUT2D eigenvalue weighted by Gasteiger charge is -2.26. The quantitative estimate of drug-likeness (QED) is 0.305. The molecule has 2 aromatic rings. The summed E-state index contributed by atoms with van der Waals surface area (Å²) in [5, 5.41) is 11.3. The van der Waals surface area contributed by atoms with Gasteiger partial charge in [-0.15, -0.1) is 0 Å². The third-order valence-electron chi connectivity index (χ3n) is 5.32. The Morgan fingerprint density at radius 2 is 1.79 bits per heavy atom. The zero-order valence-electron chi connectivity index (χ0n) is 19.0. The number of aliphatic hydroxyl groups excluding tert-OH is 1. The molecule has 1 aliphatic heterocycles. The molecule has 1 aliphatic rings. The van der Waals surface area contributed by atoms with Gasteiger partial charge in [-0.1, -0.05) is 41.4 Å². The zero-order valence-corrected chi connectivity index (χ0v) is 20.5. The minimum Gasteiger partial charge on any atom is -0.507 e. The Balaban J connectivity index is 2.24. The molecule has 2 aromatic carbocycles. The lowest BCUT2D eigenvalue weighted by molar-refractivity contribution is -0.140. The van der Waals surface area contributed by atoms with Gasteiger partial charge in [0.25, 0.3) is 11.7 Å². The van der Waals surface area contributed by atoms with Crippen molar-refractivity contribution in [3.8, 4) is 11.5 Å². The maximum Gasteiger partial charge on any atom is 0.295 e. The number of hydrogen-bond donors (Lipinski definition) is 1. The molecule has 0 spiro atoms. The molecule has 1 saturated heterocycles. The Morgan fingerprint density at radius 3 is 2.38 bits per heavy atom. The number of rotatable bonds is 8. The molecule has 1 fully saturated rings. The number of methoxy groups -OCH3 is 2. The minimum absolute atomic E-state index is 0.000204. The van der Waals surface area contributed by atoms with Crippen LogP contribution in [-0.4, -0.2) is 55.2 Å². The van der Waals surface area contributed by atoms with Gasteiger partial charge >= 0.3 is 0 Å². The summed E-state index contributed by atoms with van der Waals surface area (Å²) in [6.45, 7) is 3.76. The largest absolute Gasteiger partial charge is 0.507 e. The number of Topliss-reactive ketones (excluding diaryl/α,β-unsaturated/α-hetero) is 1. The highest BCUT2D eigenvalue weighted by Crippen LogP contribution is 2.47. The topological polar surface area (TPSA) is 85.3 Å². The van der Waals surface area contributed by atoms with Gasteiger partial charge in [0.1, 0.15) is 16.6 Å². The standard InChI is InChI=1S/C24H24Cl2FNO6/c1-12(2)34-10-9-28-19(13-7-5-6-8-16(13)27)17(21(30)24(28)31)20(29)14-11-15(25)23(33-4)18(26)22(14)32-3/h5-8,11-12,19,29H,9-10H2,1-4H3/b20-17+. The van der Waals surface area contributed by atoms with Gasteiger partial charge in [0.05, 0.1) is 49.1 Å². The molecule has 0 radical (unpaired) electrons. The van der Waals surface area contributed by atoms with E-state index in [4.69, 9.17) is 37.4 Å². The summed E-state index contributed by atoms with van der Waals surface area (Å²) in [6, 6.07) is 5.81. The van der Waals surface area contributed by atoms with Crippen molar-refractivity contribution < 1.29 is 33.3 Å². The van der Waals surface area contributed by atoms with Gasteiger partial charge in [-0.3, -0.25) is 9.59 Å². The highest BCUT2D eigenvalue weighted by molar-refractivity contribution is 6.47. The highest BCUT2D eigenvalue weighted by Gasteiger charge is 2.47. The summed E-state index contributed by atoms with van der Waals surface area (Å²) in [4.78, 5) is 27.2. The number of nitrogens with zero attached hydrogens (tertiary/aromatic N) is 1. The van der Waals surface area contributed by atoms with Gasteiger partial charge in [-0.2, -0.15) is 0 Å². The van der Waals surface area contributed by atoms with E-state index in [1.165, 1.54) is 43.4 Å². The summed E-state index contributed by atoms with van der Waals surface area (Å²) < 4.78 is 30.9. The van der Waals surface area contributed by atoms with E-state index < -0.39 is 29.3 Å². The van der Waals surface area contributed by atoms with Crippen molar-refractivity contribution in [3.05, 3.63) is 62.9 Å². The summed E-state index contributed by atoms with van der Waals surface area (Å²) in [7, 11) is 2.66. The fraction of sp³-hybridized carbons (Fsp3) is 0.333. The number of carbonyl (C=O) groups is 2. The lowest BCUT2D eigenvalue weighted by Crippen LogP contribution is -2.33. The molecule has 0 saturated carbocycles. The SMILES string of the molecule is COc1c(Cl)cc(/C(O)=C2\C(=O)C(=O)N(CCOC(C)C)C2c2ccccc2F)c(OC)c1Cl. The molecule has 1 heterocycles. The highest BCUT2D eigenvalue weighted by atomic mass is 35.5. The van der Waals surface area contributed by atoms with Crippen LogP contribution in [0.4, 0.5) is 4.39 Å². The molecule has 1 unspecified atom stereocenters. The number of aliphatic hydroxyl groups is 1. The zero-order chi connectivity index (χ0) is 25.2. The van der Waals surface area contributed by atoms with Crippen LogP contribution in [-0.2, 0) is 14.3 Å². The fourth-order valence-corrected chi connectivity index (χ4v) is 4.50. The number of likely N-dealkylation sites (tertiary alicyclic amines) is 1. The second-order valence-corrected chi connectivity index (χ2v) is 8.51. The molecule has 10 heteroatoms. The summed E-state index contributed by atoms with van der Waals surface area (Å²) in [6.07, 6.45) is -0.114. The number of halogens is 3. The van der Waals surface area contributed by atoms with Crippen LogP contribution >= 0.6 is 23.2 Å². The Hall–Kier alpha value is -2.81. The van der Waals surface area contributed by atoms with Crippen molar-refractivity contribution >= 4 is 40.7 Å². The van der Waals surface area contributed by atoms with Crippen molar-refractivity contribution in [2.75, 3.05) is 27.4 Å². The van der Waals surface area contributed by atoms with Crippen LogP contribution in [0.2, 0.25) is 10.0 Å². The van der Waals surface area contributed by atoms with E-state index in [0.717, 1.165) is 0 Å². The predicted molar refractivity (Wildman–Crippen MR) is 126 cm³/mol. The van der Waals surface area contributed by atoms with Gasteiger partial charge in [-0.25, -0.2) is 4.39 Å². The van der Waals surface area contributed by atoms with Gasteiger partial charge in [0.2, 0.25) is 0 Å². The summed E-state index contributed by atoms with van der Waals surface area (Å²) in [5.41, 5.74) is -0.330. The van der Waals surface area contributed by atoms with Crippen LogP contribution in [0.15, 0.2) is 35.9 Å². The summed E-state index contributed by atoms with van der Waals surface area (Å²) in [5.74, 6) is -3.06. The molecule has 0 aliphatic carbocycles. The second kappa shape index (κ2) is 10.6. The smallest absolute Gasteiger partial charge is 0.295 e.